The van der Waals surface area contributed by atoms with Crippen molar-refractivity contribution in [2.24, 2.45) is 0 Å². The highest BCUT2D eigenvalue weighted by Gasteiger charge is 2.11. The van der Waals surface area contributed by atoms with Crippen LogP contribution in [0.1, 0.15) is 0 Å². The van der Waals surface area contributed by atoms with Gasteiger partial charge in [-0.3, -0.25) is 5.10 Å². The number of H-pyrrole nitrogens is 1. The normalized spacial score (nSPS) is 14.1. The molecule has 0 radical (unpaired) electrons. The zero-order valence-corrected chi connectivity index (χ0v) is 15.7. The third kappa shape index (κ3) is 3.81. The minimum Gasteiger partial charge on any atom is -0.378 e. The van der Waals surface area contributed by atoms with Gasteiger partial charge in [0.2, 0.25) is 0 Å². The fourth-order valence-electron chi connectivity index (χ4n) is 3.28. The van der Waals surface area contributed by atoms with Crippen LogP contribution in [0.15, 0.2) is 61.2 Å². The number of aromatic amines is 1. The molecule has 1 aliphatic heterocycles. The van der Waals surface area contributed by atoms with Crippen molar-refractivity contribution in [1.29, 1.82) is 0 Å². The van der Waals surface area contributed by atoms with Gasteiger partial charge in [-0.2, -0.15) is 10.2 Å². The van der Waals surface area contributed by atoms with Crippen LogP contribution in [0.25, 0.3) is 17.2 Å². The predicted molar refractivity (Wildman–Crippen MR) is 109 cm³/mol. The van der Waals surface area contributed by atoms with Crippen LogP contribution in [0, 0.1) is 0 Å². The molecule has 0 atom stereocenters. The zero-order chi connectivity index (χ0) is 19.5. The summed E-state index contributed by atoms with van der Waals surface area (Å²) in [7, 11) is 0. The Labute approximate surface area is 167 Å². The Morgan fingerprint density at radius 1 is 0.966 bits per heavy atom. The highest BCUT2D eigenvalue weighted by atomic mass is 16.5. The van der Waals surface area contributed by atoms with E-state index in [2.05, 4.69) is 59.7 Å². The molecule has 29 heavy (non-hydrogen) atoms. The summed E-state index contributed by atoms with van der Waals surface area (Å²) in [5.41, 5.74) is 3.82. The molecular weight excluding hydrogens is 368 g/mol. The van der Waals surface area contributed by atoms with Crippen molar-refractivity contribution in [1.82, 2.24) is 29.9 Å². The van der Waals surface area contributed by atoms with Gasteiger partial charge in [-0.25, -0.2) is 14.6 Å². The molecule has 146 valence electrons. The number of benzene rings is 1. The SMILES string of the molecule is c1cc(-n2ccc(-c3ncn[nH]3)n2)cc(Nc2ccc(N3CCOCC3)cc2)n1. The van der Waals surface area contributed by atoms with Gasteiger partial charge in [0.1, 0.15) is 17.8 Å². The number of anilines is 3. The Kier molecular flexibility index (Phi) is 4.63. The fraction of sp³-hybridized carbons (Fsp3) is 0.200. The molecule has 4 aromatic rings. The topological polar surface area (TPSA) is 96.8 Å². The summed E-state index contributed by atoms with van der Waals surface area (Å²) in [6.45, 7) is 3.41. The molecule has 1 aliphatic rings. The summed E-state index contributed by atoms with van der Waals surface area (Å²) in [5.74, 6) is 1.38. The van der Waals surface area contributed by atoms with Crippen LogP contribution in [-0.4, -0.2) is 56.2 Å². The minimum atomic E-state index is 0.636. The maximum absolute atomic E-state index is 5.42. The summed E-state index contributed by atoms with van der Waals surface area (Å²) in [4.78, 5) is 10.9. The maximum Gasteiger partial charge on any atom is 0.176 e. The molecular formula is C20H20N8O. The van der Waals surface area contributed by atoms with E-state index in [1.54, 1.807) is 10.9 Å². The molecule has 0 bridgehead atoms. The first kappa shape index (κ1) is 17.4. The molecule has 1 aromatic carbocycles. The van der Waals surface area contributed by atoms with E-state index in [9.17, 15) is 0 Å². The summed E-state index contributed by atoms with van der Waals surface area (Å²) < 4.78 is 7.20. The number of ether oxygens (including phenoxy) is 1. The van der Waals surface area contributed by atoms with Gasteiger partial charge in [0, 0.05) is 42.9 Å². The number of hydrogen-bond donors (Lipinski definition) is 2. The average molecular weight is 388 g/mol. The molecule has 0 amide bonds. The number of rotatable bonds is 5. The van der Waals surface area contributed by atoms with Crippen LogP contribution in [0.3, 0.4) is 0 Å². The van der Waals surface area contributed by atoms with Gasteiger partial charge in [0.05, 0.1) is 18.9 Å². The van der Waals surface area contributed by atoms with Gasteiger partial charge in [-0.15, -0.1) is 0 Å². The highest BCUT2D eigenvalue weighted by molar-refractivity contribution is 5.62. The molecule has 1 saturated heterocycles. The molecule has 0 spiro atoms. The Hall–Kier alpha value is -3.72. The standard InChI is InChI=1S/C20H20N8O/c1-3-16(27-9-11-29-12-10-27)4-2-15(1)24-19-13-17(5-7-21-19)28-8-6-18(26-28)20-22-14-23-25-20/h1-8,13-14H,9-12H2,(H,21,24)(H,22,23,25). The van der Waals surface area contributed by atoms with Gasteiger partial charge in [0.15, 0.2) is 5.82 Å². The van der Waals surface area contributed by atoms with E-state index >= 15 is 0 Å². The first-order valence-corrected chi connectivity index (χ1v) is 9.43. The van der Waals surface area contributed by atoms with Gasteiger partial charge in [-0.05, 0) is 36.4 Å². The van der Waals surface area contributed by atoms with Crippen LogP contribution in [0.5, 0.6) is 0 Å². The lowest BCUT2D eigenvalue weighted by atomic mass is 10.2. The number of hydrogen-bond acceptors (Lipinski definition) is 7. The van der Waals surface area contributed by atoms with Crippen molar-refractivity contribution in [3.05, 3.63) is 61.2 Å². The zero-order valence-electron chi connectivity index (χ0n) is 15.7. The van der Waals surface area contributed by atoms with E-state index in [1.165, 1.54) is 12.0 Å². The van der Waals surface area contributed by atoms with Crippen molar-refractivity contribution >= 4 is 17.2 Å². The number of pyridine rings is 1. The Morgan fingerprint density at radius 3 is 2.62 bits per heavy atom. The van der Waals surface area contributed by atoms with Crippen LogP contribution in [-0.2, 0) is 4.74 Å². The predicted octanol–water partition coefficient (Wildman–Crippen LogP) is 2.63. The highest BCUT2D eigenvalue weighted by Crippen LogP contribution is 2.22. The molecule has 0 unspecified atom stereocenters. The molecule has 0 aliphatic carbocycles. The lowest BCUT2D eigenvalue weighted by Gasteiger charge is -2.28. The third-order valence-corrected chi connectivity index (χ3v) is 4.77. The van der Waals surface area contributed by atoms with Crippen LogP contribution in [0.4, 0.5) is 17.2 Å². The van der Waals surface area contributed by atoms with Crippen LogP contribution >= 0.6 is 0 Å². The summed E-state index contributed by atoms with van der Waals surface area (Å²) in [5, 5.41) is 14.6. The minimum absolute atomic E-state index is 0.636. The number of nitrogens with zero attached hydrogens (tertiary/aromatic N) is 6. The Morgan fingerprint density at radius 2 is 1.83 bits per heavy atom. The lowest BCUT2D eigenvalue weighted by Crippen LogP contribution is -2.36. The van der Waals surface area contributed by atoms with E-state index in [1.807, 2.05) is 24.4 Å². The van der Waals surface area contributed by atoms with Gasteiger partial charge in [-0.1, -0.05) is 0 Å². The van der Waals surface area contributed by atoms with Crippen molar-refractivity contribution in [3.63, 3.8) is 0 Å². The smallest absolute Gasteiger partial charge is 0.176 e. The number of aromatic nitrogens is 6. The van der Waals surface area contributed by atoms with E-state index in [0.29, 0.717) is 5.82 Å². The quantitative estimate of drug-likeness (QED) is 0.542. The van der Waals surface area contributed by atoms with Crippen LogP contribution in [0.2, 0.25) is 0 Å². The van der Waals surface area contributed by atoms with Crippen molar-refractivity contribution in [2.45, 2.75) is 0 Å². The van der Waals surface area contributed by atoms with Gasteiger partial charge in [0.25, 0.3) is 0 Å². The molecule has 3 aromatic heterocycles. The molecule has 4 heterocycles. The molecule has 2 N–H and O–H groups in total. The summed E-state index contributed by atoms with van der Waals surface area (Å²) in [6.07, 6.45) is 5.11. The van der Waals surface area contributed by atoms with Gasteiger partial charge < -0.3 is 15.0 Å². The number of nitrogens with one attached hydrogen (secondary N) is 2. The largest absolute Gasteiger partial charge is 0.378 e. The van der Waals surface area contributed by atoms with E-state index in [-0.39, 0.29) is 0 Å². The summed E-state index contributed by atoms with van der Waals surface area (Å²) >= 11 is 0. The second kappa shape index (κ2) is 7.72. The second-order valence-electron chi connectivity index (χ2n) is 6.65. The summed E-state index contributed by atoms with van der Waals surface area (Å²) in [6, 6.07) is 14.1. The van der Waals surface area contributed by atoms with Crippen LogP contribution < -0.4 is 10.2 Å². The van der Waals surface area contributed by atoms with Gasteiger partial charge >= 0.3 is 0 Å². The molecule has 5 rings (SSSR count). The Bertz CT molecular complexity index is 1070. The second-order valence-corrected chi connectivity index (χ2v) is 6.65. The molecule has 0 saturated carbocycles. The van der Waals surface area contributed by atoms with Crippen molar-refractivity contribution < 1.29 is 4.74 Å². The monoisotopic (exact) mass is 388 g/mol. The molecule has 1 fully saturated rings. The maximum atomic E-state index is 5.42. The molecule has 9 heteroatoms. The number of morpholine rings is 1. The first-order valence-electron chi connectivity index (χ1n) is 9.43. The van der Waals surface area contributed by atoms with Crippen molar-refractivity contribution in [2.75, 3.05) is 36.5 Å². The first-order chi connectivity index (χ1) is 14.3. The Balaban J connectivity index is 1.31. The van der Waals surface area contributed by atoms with Crippen molar-refractivity contribution in [3.8, 4) is 17.2 Å². The van der Waals surface area contributed by atoms with E-state index in [0.717, 1.165) is 49.2 Å². The van der Waals surface area contributed by atoms with E-state index < -0.39 is 0 Å². The van der Waals surface area contributed by atoms with E-state index in [4.69, 9.17) is 4.74 Å². The fourth-order valence-corrected chi connectivity index (χ4v) is 3.28. The lowest BCUT2D eigenvalue weighted by molar-refractivity contribution is 0.122. The third-order valence-electron chi connectivity index (χ3n) is 4.77. The molecule has 9 nitrogen and oxygen atoms in total. The average Bonchev–Trinajstić information content (AvgIpc) is 3.47.